The van der Waals surface area contributed by atoms with E-state index in [1.165, 1.54) is 19.3 Å². The SMILES string of the molecule is Nc1nccc2cc(CNC(=O)[C@@H]3CCCN3C(=O)[C@@H](Cc3ccccc3)NC3CCCCC3)ccc12. The Labute approximate surface area is 218 Å². The van der Waals surface area contributed by atoms with Crippen molar-refractivity contribution in [2.75, 3.05) is 12.3 Å². The first-order valence-corrected chi connectivity index (χ1v) is 13.6. The number of amides is 2. The van der Waals surface area contributed by atoms with E-state index < -0.39 is 6.04 Å². The number of carbonyl (C=O) groups excluding carboxylic acids is 2. The molecule has 1 saturated heterocycles. The van der Waals surface area contributed by atoms with Crippen molar-refractivity contribution in [1.29, 1.82) is 0 Å². The van der Waals surface area contributed by atoms with Crippen LogP contribution in [0.3, 0.4) is 0 Å². The number of nitrogens with zero attached hydrogens (tertiary/aromatic N) is 2. The highest BCUT2D eigenvalue weighted by Crippen LogP contribution is 2.23. The fourth-order valence-corrected chi connectivity index (χ4v) is 5.79. The van der Waals surface area contributed by atoms with E-state index in [0.717, 1.165) is 41.2 Å². The lowest BCUT2D eigenvalue weighted by atomic mass is 9.93. The summed E-state index contributed by atoms with van der Waals surface area (Å²) in [5.41, 5.74) is 8.09. The Morgan fingerprint density at radius 1 is 0.973 bits per heavy atom. The van der Waals surface area contributed by atoms with Crippen LogP contribution in [-0.2, 0) is 22.6 Å². The van der Waals surface area contributed by atoms with Gasteiger partial charge in [-0.25, -0.2) is 4.98 Å². The number of nitrogens with two attached hydrogens (primary N) is 1. The molecule has 0 unspecified atom stereocenters. The number of carbonyl (C=O) groups is 2. The lowest BCUT2D eigenvalue weighted by Crippen LogP contribution is -2.55. The maximum atomic E-state index is 13.9. The molecule has 2 aliphatic rings. The molecule has 2 atom stereocenters. The van der Waals surface area contributed by atoms with Gasteiger partial charge in [0, 0.05) is 30.7 Å². The molecule has 7 heteroatoms. The van der Waals surface area contributed by atoms with Crippen LogP contribution >= 0.6 is 0 Å². The molecule has 3 aromatic rings. The van der Waals surface area contributed by atoms with Gasteiger partial charge in [0.15, 0.2) is 0 Å². The summed E-state index contributed by atoms with van der Waals surface area (Å²) in [6, 6.07) is 17.6. The second kappa shape index (κ2) is 11.7. The largest absolute Gasteiger partial charge is 0.383 e. The van der Waals surface area contributed by atoms with Crippen LogP contribution in [0.2, 0.25) is 0 Å². The zero-order valence-electron chi connectivity index (χ0n) is 21.4. The Morgan fingerprint density at radius 3 is 2.59 bits per heavy atom. The van der Waals surface area contributed by atoms with Gasteiger partial charge in [-0.05, 0) is 60.7 Å². The first-order chi connectivity index (χ1) is 18.1. The number of fused-ring (bicyclic) bond motifs is 1. The molecule has 1 aromatic heterocycles. The molecule has 2 fully saturated rings. The highest BCUT2D eigenvalue weighted by Gasteiger charge is 2.37. The topological polar surface area (TPSA) is 100 Å². The fraction of sp³-hybridized carbons (Fsp3) is 0.433. The minimum absolute atomic E-state index is 0.0424. The van der Waals surface area contributed by atoms with Crippen LogP contribution in [0.25, 0.3) is 10.8 Å². The highest BCUT2D eigenvalue weighted by molar-refractivity contribution is 5.92. The molecular weight excluding hydrogens is 462 g/mol. The van der Waals surface area contributed by atoms with Gasteiger partial charge in [-0.15, -0.1) is 0 Å². The second-order valence-corrected chi connectivity index (χ2v) is 10.4. The van der Waals surface area contributed by atoms with Gasteiger partial charge in [0.1, 0.15) is 11.9 Å². The molecule has 0 radical (unpaired) electrons. The summed E-state index contributed by atoms with van der Waals surface area (Å²) in [7, 11) is 0. The van der Waals surface area contributed by atoms with Gasteiger partial charge >= 0.3 is 0 Å². The van der Waals surface area contributed by atoms with E-state index in [1.54, 1.807) is 6.20 Å². The molecule has 37 heavy (non-hydrogen) atoms. The third kappa shape index (κ3) is 6.10. The van der Waals surface area contributed by atoms with Crippen LogP contribution in [0.15, 0.2) is 60.8 Å². The summed E-state index contributed by atoms with van der Waals surface area (Å²) in [5.74, 6) is 0.456. The predicted octanol–water partition coefficient (Wildman–Crippen LogP) is 3.96. The zero-order valence-corrected chi connectivity index (χ0v) is 21.4. The van der Waals surface area contributed by atoms with E-state index in [0.29, 0.717) is 37.8 Å². The van der Waals surface area contributed by atoms with E-state index in [2.05, 4.69) is 27.8 Å². The van der Waals surface area contributed by atoms with Crippen LogP contribution < -0.4 is 16.4 Å². The van der Waals surface area contributed by atoms with E-state index in [4.69, 9.17) is 5.73 Å². The monoisotopic (exact) mass is 499 g/mol. The number of hydrogen-bond donors (Lipinski definition) is 3. The Hall–Kier alpha value is -3.45. The summed E-state index contributed by atoms with van der Waals surface area (Å²) in [5, 5.41) is 8.65. The molecule has 2 heterocycles. The van der Waals surface area contributed by atoms with Crippen LogP contribution in [0, 0.1) is 0 Å². The average Bonchev–Trinajstić information content (AvgIpc) is 3.42. The maximum Gasteiger partial charge on any atom is 0.243 e. The number of nitrogens with one attached hydrogen (secondary N) is 2. The Morgan fingerprint density at radius 2 is 1.78 bits per heavy atom. The summed E-state index contributed by atoms with van der Waals surface area (Å²) >= 11 is 0. The van der Waals surface area contributed by atoms with Crippen molar-refractivity contribution < 1.29 is 9.59 Å². The predicted molar refractivity (Wildman–Crippen MR) is 147 cm³/mol. The Balaban J connectivity index is 1.26. The normalized spacial score (nSPS) is 19.1. The molecule has 0 bridgehead atoms. The van der Waals surface area contributed by atoms with Crippen LogP contribution in [0.5, 0.6) is 0 Å². The molecule has 194 valence electrons. The van der Waals surface area contributed by atoms with Crippen molar-refractivity contribution in [2.45, 2.75) is 76.0 Å². The van der Waals surface area contributed by atoms with Crippen LogP contribution in [0.1, 0.15) is 56.1 Å². The van der Waals surface area contributed by atoms with Gasteiger partial charge in [0.05, 0.1) is 6.04 Å². The Bertz CT molecular complexity index is 1230. The van der Waals surface area contributed by atoms with Gasteiger partial charge in [-0.3, -0.25) is 9.59 Å². The highest BCUT2D eigenvalue weighted by atomic mass is 16.2. The van der Waals surface area contributed by atoms with Crippen LogP contribution in [0.4, 0.5) is 5.82 Å². The molecule has 2 aromatic carbocycles. The molecule has 2 amide bonds. The van der Waals surface area contributed by atoms with Gasteiger partial charge in [0.2, 0.25) is 11.8 Å². The van der Waals surface area contributed by atoms with E-state index in [-0.39, 0.29) is 17.9 Å². The number of hydrogen-bond acceptors (Lipinski definition) is 5. The molecule has 0 spiro atoms. The van der Waals surface area contributed by atoms with Crippen molar-refractivity contribution in [3.05, 3.63) is 71.9 Å². The van der Waals surface area contributed by atoms with Crippen molar-refractivity contribution in [1.82, 2.24) is 20.5 Å². The van der Waals surface area contributed by atoms with Gasteiger partial charge in [-0.1, -0.05) is 61.7 Å². The zero-order chi connectivity index (χ0) is 25.6. The van der Waals surface area contributed by atoms with Crippen molar-refractivity contribution in [2.24, 2.45) is 0 Å². The standard InChI is InChI=1S/C30H37N5O2/c31-28-25-14-13-22(18-23(25)15-16-32-28)20-33-29(36)27-12-7-17-35(27)30(37)26(19-21-8-3-1-4-9-21)34-24-10-5-2-6-11-24/h1,3-4,8-9,13-16,18,24,26-27,34H,2,5-7,10-12,17,19-20H2,(H2,31,32)(H,33,36)/t26-,27+/m1/s1. The van der Waals surface area contributed by atoms with Crippen LogP contribution in [-0.4, -0.2) is 46.4 Å². The second-order valence-electron chi connectivity index (χ2n) is 10.4. The first kappa shape index (κ1) is 25.2. The number of aromatic nitrogens is 1. The van der Waals surface area contributed by atoms with Crippen molar-refractivity contribution in [3.63, 3.8) is 0 Å². The summed E-state index contributed by atoms with van der Waals surface area (Å²) in [4.78, 5) is 33.1. The summed E-state index contributed by atoms with van der Waals surface area (Å²) in [6.45, 7) is 1.03. The fourth-order valence-electron chi connectivity index (χ4n) is 5.79. The number of anilines is 1. The number of pyridine rings is 1. The third-order valence-corrected chi connectivity index (χ3v) is 7.79. The van der Waals surface area contributed by atoms with E-state index in [9.17, 15) is 9.59 Å². The molecule has 5 rings (SSSR count). The van der Waals surface area contributed by atoms with E-state index >= 15 is 0 Å². The number of nitrogen functional groups attached to an aromatic ring is 1. The first-order valence-electron chi connectivity index (χ1n) is 13.6. The molecule has 1 saturated carbocycles. The van der Waals surface area contributed by atoms with Crippen molar-refractivity contribution in [3.8, 4) is 0 Å². The molecule has 7 nitrogen and oxygen atoms in total. The van der Waals surface area contributed by atoms with Gasteiger partial charge in [-0.2, -0.15) is 0 Å². The molecule has 1 aliphatic heterocycles. The lowest BCUT2D eigenvalue weighted by molar-refractivity contribution is -0.140. The summed E-state index contributed by atoms with van der Waals surface area (Å²) in [6.07, 6.45) is 9.75. The number of rotatable bonds is 8. The smallest absolute Gasteiger partial charge is 0.243 e. The van der Waals surface area contributed by atoms with E-state index in [1.807, 2.05) is 47.4 Å². The minimum atomic E-state index is -0.431. The number of likely N-dealkylation sites (tertiary alicyclic amines) is 1. The average molecular weight is 500 g/mol. The quantitative estimate of drug-likeness (QED) is 0.436. The molecule has 4 N–H and O–H groups in total. The molecule has 1 aliphatic carbocycles. The number of benzene rings is 2. The third-order valence-electron chi connectivity index (χ3n) is 7.79. The van der Waals surface area contributed by atoms with Gasteiger partial charge in [0.25, 0.3) is 0 Å². The Kier molecular flexibility index (Phi) is 7.99. The summed E-state index contributed by atoms with van der Waals surface area (Å²) < 4.78 is 0. The maximum absolute atomic E-state index is 13.9. The van der Waals surface area contributed by atoms with Gasteiger partial charge < -0.3 is 21.3 Å². The molecular formula is C30H37N5O2. The minimum Gasteiger partial charge on any atom is -0.383 e. The lowest BCUT2D eigenvalue weighted by Gasteiger charge is -2.32. The van der Waals surface area contributed by atoms with Crippen molar-refractivity contribution >= 4 is 28.4 Å².